The highest BCUT2D eigenvalue weighted by molar-refractivity contribution is 6.13. The van der Waals surface area contributed by atoms with E-state index in [1.807, 2.05) is 0 Å². The van der Waals surface area contributed by atoms with Gasteiger partial charge in [-0.3, -0.25) is 43.3 Å². The molecule has 6 N–H and O–H groups in total. The Balaban J connectivity index is 1.95. The first-order chi connectivity index (χ1) is 20.3. The fourth-order valence-corrected chi connectivity index (χ4v) is 3.64. The number of aliphatic carboxylic acids is 1. The molecule has 16 nitrogen and oxygen atoms in total. The third-order valence-electron chi connectivity index (χ3n) is 5.99. The van der Waals surface area contributed by atoms with E-state index < -0.39 is 78.5 Å². The minimum absolute atomic E-state index is 0.0236. The summed E-state index contributed by atoms with van der Waals surface area (Å²) < 4.78 is 4.89. The number of aliphatic hydroxyl groups is 1. The van der Waals surface area contributed by atoms with Crippen LogP contribution in [0.25, 0.3) is 0 Å². The number of benzene rings is 1. The first kappa shape index (κ1) is 34.1. The predicted octanol–water partition coefficient (Wildman–Crippen LogP) is -1.67. The molecule has 0 aromatic heterocycles. The number of nitrogens with one attached hydrogen (secondary N) is 4. The number of esters is 1. The van der Waals surface area contributed by atoms with Gasteiger partial charge in [0.15, 0.2) is 0 Å². The van der Waals surface area contributed by atoms with Crippen molar-refractivity contribution < 1.29 is 53.3 Å². The van der Waals surface area contributed by atoms with Gasteiger partial charge in [-0.1, -0.05) is 12.1 Å². The number of carboxylic acid groups (broad SMARTS) is 1. The number of carboxylic acids is 1. The molecule has 16 heteroatoms. The van der Waals surface area contributed by atoms with Crippen LogP contribution < -0.4 is 21.3 Å². The lowest BCUT2D eigenvalue weighted by atomic mass is 10.1. The summed E-state index contributed by atoms with van der Waals surface area (Å²) in [6, 6.07) is 2.09. The fourth-order valence-electron chi connectivity index (χ4n) is 3.64. The van der Waals surface area contributed by atoms with E-state index in [9.17, 15) is 43.5 Å². The lowest BCUT2D eigenvalue weighted by Gasteiger charge is -2.23. The highest BCUT2D eigenvalue weighted by atomic mass is 16.5. The molecule has 43 heavy (non-hydrogen) atoms. The second-order valence-corrected chi connectivity index (χ2v) is 9.40. The number of ether oxygens (including phenoxy) is 1. The molecule has 1 aliphatic heterocycles. The molecular formula is C27H33N5O11. The van der Waals surface area contributed by atoms with Crippen molar-refractivity contribution >= 4 is 53.1 Å². The minimum Gasteiger partial charge on any atom is -0.481 e. The first-order valence-electron chi connectivity index (χ1n) is 13.1. The van der Waals surface area contributed by atoms with Crippen molar-refractivity contribution in [3.63, 3.8) is 0 Å². The van der Waals surface area contributed by atoms with Crippen molar-refractivity contribution in [2.75, 3.05) is 18.5 Å². The van der Waals surface area contributed by atoms with E-state index in [0.29, 0.717) is 11.3 Å². The molecule has 0 bridgehead atoms. The Morgan fingerprint density at radius 1 is 0.860 bits per heavy atom. The zero-order valence-electron chi connectivity index (χ0n) is 23.5. The van der Waals surface area contributed by atoms with Gasteiger partial charge in [-0.2, -0.15) is 0 Å². The fraction of sp³-hybridized carbons (Fsp3) is 0.407. The largest absolute Gasteiger partial charge is 0.481 e. The molecule has 0 aliphatic carbocycles. The average molecular weight is 604 g/mol. The lowest BCUT2D eigenvalue weighted by molar-refractivity contribution is -0.142. The molecule has 0 spiro atoms. The van der Waals surface area contributed by atoms with Crippen LogP contribution in [0.1, 0.15) is 38.7 Å². The number of imide groups is 1. The zero-order chi connectivity index (χ0) is 32.1. The topological polar surface area (TPSA) is 238 Å². The number of carbonyl (C=O) groups is 8. The second-order valence-electron chi connectivity index (χ2n) is 9.40. The summed E-state index contributed by atoms with van der Waals surface area (Å²) in [6.07, 6.45) is 1.06. The standard InChI is InChI=1S/C27H33N5O11/c1-15(28-21(35)11-12-32-22(36)8-9-23(32)37)25(40)31-20(13-33)27(42)30-19(7-10-24(38)39)26(41)29-18-5-3-17(4-6-18)14-43-16(2)34/h3-6,8-9,15,19-20,33H,7,10-14H2,1-2H3,(H,28,35)(H,29,41)(H,30,42)(H,31,40)(H,38,39)/t15-,19-,20-/m0/s1. The van der Waals surface area contributed by atoms with Crippen LogP contribution in [0.15, 0.2) is 36.4 Å². The molecule has 1 aromatic rings. The summed E-state index contributed by atoms with van der Waals surface area (Å²) in [7, 11) is 0. The number of rotatable bonds is 16. The number of amides is 6. The Labute approximate surface area is 245 Å². The monoisotopic (exact) mass is 603 g/mol. The Kier molecular flexibility index (Phi) is 13.0. The molecule has 1 heterocycles. The molecule has 6 amide bonds. The number of nitrogens with zero attached hydrogens (tertiary/aromatic N) is 1. The Bertz CT molecular complexity index is 1260. The maximum Gasteiger partial charge on any atom is 0.303 e. The molecule has 1 aliphatic rings. The van der Waals surface area contributed by atoms with Gasteiger partial charge in [0.2, 0.25) is 23.6 Å². The van der Waals surface area contributed by atoms with Crippen LogP contribution in [-0.4, -0.2) is 93.8 Å². The van der Waals surface area contributed by atoms with Gasteiger partial charge in [0.25, 0.3) is 11.8 Å². The van der Waals surface area contributed by atoms with Crippen LogP contribution in [-0.2, 0) is 49.7 Å². The highest BCUT2D eigenvalue weighted by Crippen LogP contribution is 2.12. The number of hydrogen-bond acceptors (Lipinski definition) is 10. The number of carbonyl (C=O) groups excluding carboxylic acids is 7. The van der Waals surface area contributed by atoms with Gasteiger partial charge >= 0.3 is 11.9 Å². The summed E-state index contributed by atoms with van der Waals surface area (Å²) in [6.45, 7) is 1.49. The number of hydrogen-bond donors (Lipinski definition) is 6. The van der Waals surface area contributed by atoms with E-state index in [-0.39, 0.29) is 26.0 Å². The van der Waals surface area contributed by atoms with Gasteiger partial charge in [0, 0.05) is 44.1 Å². The van der Waals surface area contributed by atoms with E-state index in [1.165, 1.54) is 26.0 Å². The predicted molar refractivity (Wildman–Crippen MR) is 146 cm³/mol. The highest BCUT2D eigenvalue weighted by Gasteiger charge is 2.29. The Morgan fingerprint density at radius 3 is 2.02 bits per heavy atom. The van der Waals surface area contributed by atoms with Crippen molar-refractivity contribution in [3.8, 4) is 0 Å². The molecular weight excluding hydrogens is 570 g/mol. The summed E-state index contributed by atoms with van der Waals surface area (Å²) in [4.78, 5) is 96.6. The third kappa shape index (κ3) is 11.3. The van der Waals surface area contributed by atoms with Crippen molar-refractivity contribution in [1.82, 2.24) is 20.9 Å². The van der Waals surface area contributed by atoms with Gasteiger partial charge in [0.1, 0.15) is 24.7 Å². The van der Waals surface area contributed by atoms with Crippen molar-refractivity contribution in [3.05, 3.63) is 42.0 Å². The molecule has 0 unspecified atom stereocenters. The van der Waals surface area contributed by atoms with Crippen LogP contribution in [0.5, 0.6) is 0 Å². The summed E-state index contributed by atoms with van der Waals surface area (Å²) in [5, 5.41) is 28.2. The molecule has 0 fully saturated rings. The smallest absolute Gasteiger partial charge is 0.303 e. The average Bonchev–Trinajstić information content (AvgIpc) is 3.28. The quantitative estimate of drug-likeness (QED) is 0.0923. The molecule has 1 aromatic carbocycles. The van der Waals surface area contributed by atoms with Crippen LogP contribution in [0.2, 0.25) is 0 Å². The molecule has 0 saturated heterocycles. The minimum atomic E-state index is -1.56. The number of aliphatic hydroxyl groups excluding tert-OH is 1. The normalized spacial score (nSPS) is 14.3. The maximum atomic E-state index is 12.9. The van der Waals surface area contributed by atoms with E-state index in [1.54, 1.807) is 12.1 Å². The maximum absolute atomic E-state index is 12.9. The first-order valence-corrected chi connectivity index (χ1v) is 13.1. The molecule has 232 valence electrons. The molecule has 0 saturated carbocycles. The second kappa shape index (κ2) is 16.4. The van der Waals surface area contributed by atoms with Crippen molar-refractivity contribution in [2.24, 2.45) is 0 Å². The van der Waals surface area contributed by atoms with Crippen LogP contribution in [0.4, 0.5) is 5.69 Å². The van der Waals surface area contributed by atoms with E-state index in [0.717, 1.165) is 17.1 Å². The van der Waals surface area contributed by atoms with Crippen LogP contribution in [0, 0.1) is 0 Å². The van der Waals surface area contributed by atoms with Gasteiger partial charge in [0.05, 0.1) is 6.61 Å². The SMILES string of the molecule is CC(=O)OCc1ccc(NC(=O)[C@H](CCC(=O)O)NC(=O)[C@H](CO)NC(=O)[C@H](C)NC(=O)CCN2C(=O)C=CC2=O)cc1. The molecule has 3 atom stereocenters. The third-order valence-corrected chi connectivity index (χ3v) is 5.99. The molecule has 0 radical (unpaired) electrons. The van der Waals surface area contributed by atoms with Gasteiger partial charge in [-0.05, 0) is 31.0 Å². The summed E-state index contributed by atoms with van der Waals surface area (Å²) in [5.74, 6) is -6.11. The number of anilines is 1. The Morgan fingerprint density at radius 2 is 1.47 bits per heavy atom. The van der Waals surface area contributed by atoms with Crippen LogP contribution in [0.3, 0.4) is 0 Å². The van der Waals surface area contributed by atoms with Crippen molar-refractivity contribution in [2.45, 2.75) is 57.8 Å². The zero-order valence-corrected chi connectivity index (χ0v) is 23.5. The van der Waals surface area contributed by atoms with Gasteiger partial charge in [-0.25, -0.2) is 0 Å². The summed E-state index contributed by atoms with van der Waals surface area (Å²) >= 11 is 0. The molecule has 2 rings (SSSR count). The van der Waals surface area contributed by atoms with E-state index in [2.05, 4.69) is 21.3 Å². The van der Waals surface area contributed by atoms with Crippen molar-refractivity contribution in [1.29, 1.82) is 0 Å². The van der Waals surface area contributed by atoms with E-state index in [4.69, 9.17) is 9.84 Å². The van der Waals surface area contributed by atoms with Crippen LogP contribution >= 0.6 is 0 Å². The summed E-state index contributed by atoms with van der Waals surface area (Å²) in [5.41, 5.74) is 0.947. The van der Waals surface area contributed by atoms with E-state index >= 15 is 0 Å². The van der Waals surface area contributed by atoms with Gasteiger partial charge in [-0.15, -0.1) is 0 Å². The Hall–Kier alpha value is -5.12. The lowest BCUT2D eigenvalue weighted by Crippen LogP contribution is -2.57. The van der Waals surface area contributed by atoms with Gasteiger partial charge < -0.3 is 36.2 Å².